The van der Waals surface area contributed by atoms with Crippen molar-refractivity contribution in [3.63, 3.8) is 0 Å². The topological polar surface area (TPSA) is 41.1 Å². The van der Waals surface area contributed by atoms with Crippen LogP contribution in [0.2, 0.25) is 0 Å². The zero-order chi connectivity index (χ0) is 15.1. The van der Waals surface area contributed by atoms with E-state index < -0.39 is 0 Å². The fourth-order valence-electron chi connectivity index (χ4n) is 3.09. The summed E-state index contributed by atoms with van der Waals surface area (Å²) in [4.78, 5) is 12.3. The minimum Gasteiger partial charge on any atom is -0.352 e. The summed E-state index contributed by atoms with van der Waals surface area (Å²) >= 11 is 0. The Balaban J connectivity index is 1.86. The van der Waals surface area contributed by atoms with Gasteiger partial charge in [-0.1, -0.05) is 56.5 Å². The summed E-state index contributed by atoms with van der Waals surface area (Å²) in [6.45, 7) is 4.11. The number of nitrogens with one attached hydrogen (secondary N) is 2. The van der Waals surface area contributed by atoms with Crippen molar-refractivity contribution in [3.8, 4) is 0 Å². The highest BCUT2D eigenvalue weighted by Crippen LogP contribution is 2.19. The first kappa shape index (κ1) is 16.0. The maximum atomic E-state index is 12.3. The molecule has 0 aliphatic heterocycles. The van der Waals surface area contributed by atoms with Gasteiger partial charge >= 0.3 is 0 Å². The number of hydrogen-bond donors (Lipinski definition) is 2. The van der Waals surface area contributed by atoms with Crippen molar-refractivity contribution in [2.24, 2.45) is 0 Å². The Morgan fingerprint density at radius 2 is 1.86 bits per heavy atom. The molecule has 3 heteroatoms. The monoisotopic (exact) mass is 288 g/mol. The molecular weight excluding hydrogens is 260 g/mol. The summed E-state index contributed by atoms with van der Waals surface area (Å²) < 4.78 is 0. The highest BCUT2D eigenvalue weighted by Gasteiger charge is 2.21. The van der Waals surface area contributed by atoms with Crippen LogP contribution in [-0.2, 0) is 4.79 Å². The number of carbonyl (C=O) groups is 1. The van der Waals surface area contributed by atoms with E-state index in [1.807, 2.05) is 25.1 Å². The van der Waals surface area contributed by atoms with Crippen LogP contribution >= 0.6 is 0 Å². The Bertz CT molecular complexity index is 426. The lowest BCUT2D eigenvalue weighted by Gasteiger charge is -2.27. The second-order valence-corrected chi connectivity index (χ2v) is 6.10. The van der Waals surface area contributed by atoms with Crippen LogP contribution in [0.4, 0.5) is 0 Å². The number of carbonyl (C=O) groups excluding carboxylic acids is 1. The molecule has 2 unspecified atom stereocenters. The summed E-state index contributed by atoms with van der Waals surface area (Å²) in [6.07, 6.45) is 7.04. The normalized spacial score (nSPS) is 19.0. The zero-order valence-electron chi connectivity index (χ0n) is 13.3. The number of hydrogen-bond acceptors (Lipinski definition) is 2. The molecule has 1 aromatic rings. The fraction of sp³-hybridized carbons (Fsp3) is 0.611. The first-order valence-corrected chi connectivity index (χ1v) is 8.32. The standard InChI is InChI=1S/C18H28N2O/c1-3-17(15-10-6-4-7-11-15)19-14(2)18(21)20-16-12-8-5-9-13-16/h4,6-7,10-11,14,16-17,19H,3,5,8-9,12-13H2,1-2H3,(H,20,21). The molecule has 21 heavy (non-hydrogen) atoms. The van der Waals surface area contributed by atoms with Crippen molar-refractivity contribution in [2.45, 2.75) is 70.5 Å². The minimum atomic E-state index is -0.155. The average Bonchev–Trinajstić information content (AvgIpc) is 2.54. The SMILES string of the molecule is CCC(NC(C)C(=O)NC1CCCCC1)c1ccccc1. The second kappa shape index (κ2) is 8.18. The van der Waals surface area contributed by atoms with Gasteiger partial charge in [-0.3, -0.25) is 10.1 Å². The molecule has 2 N–H and O–H groups in total. The van der Waals surface area contributed by atoms with Crippen LogP contribution in [0.15, 0.2) is 30.3 Å². The third-order valence-electron chi connectivity index (χ3n) is 4.41. The van der Waals surface area contributed by atoms with Gasteiger partial charge < -0.3 is 5.32 Å². The summed E-state index contributed by atoms with van der Waals surface area (Å²) in [7, 11) is 0. The molecule has 0 heterocycles. The minimum absolute atomic E-state index is 0.135. The molecule has 116 valence electrons. The second-order valence-electron chi connectivity index (χ2n) is 6.10. The van der Waals surface area contributed by atoms with Gasteiger partial charge in [0, 0.05) is 12.1 Å². The molecule has 2 atom stereocenters. The molecular formula is C18H28N2O. The Morgan fingerprint density at radius 1 is 1.19 bits per heavy atom. The van der Waals surface area contributed by atoms with Crippen molar-refractivity contribution in [2.75, 3.05) is 0 Å². The molecule has 0 bridgehead atoms. The molecule has 1 aliphatic rings. The first-order chi connectivity index (χ1) is 10.2. The average molecular weight is 288 g/mol. The van der Waals surface area contributed by atoms with Crippen molar-refractivity contribution in [1.29, 1.82) is 0 Å². The van der Waals surface area contributed by atoms with E-state index in [1.165, 1.54) is 24.8 Å². The van der Waals surface area contributed by atoms with Crippen LogP contribution in [0, 0.1) is 0 Å². The molecule has 1 amide bonds. The van der Waals surface area contributed by atoms with E-state index in [9.17, 15) is 4.79 Å². The van der Waals surface area contributed by atoms with Crippen LogP contribution < -0.4 is 10.6 Å². The number of rotatable bonds is 6. The maximum absolute atomic E-state index is 12.3. The molecule has 0 spiro atoms. The summed E-state index contributed by atoms with van der Waals surface area (Å²) in [6, 6.07) is 10.8. The van der Waals surface area contributed by atoms with Gasteiger partial charge in [-0.15, -0.1) is 0 Å². The van der Waals surface area contributed by atoms with E-state index >= 15 is 0 Å². The third kappa shape index (κ3) is 4.85. The number of benzene rings is 1. The molecule has 1 aromatic carbocycles. The van der Waals surface area contributed by atoms with E-state index in [4.69, 9.17) is 0 Å². The Hall–Kier alpha value is -1.35. The van der Waals surface area contributed by atoms with Crippen molar-refractivity contribution in [3.05, 3.63) is 35.9 Å². The highest BCUT2D eigenvalue weighted by atomic mass is 16.2. The van der Waals surface area contributed by atoms with Crippen molar-refractivity contribution < 1.29 is 4.79 Å². The third-order valence-corrected chi connectivity index (χ3v) is 4.41. The Morgan fingerprint density at radius 3 is 2.48 bits per heavy atom. The predicted octanol–water partition coefficient (Wildman–Crippen LogP) is 3.56. The van der Waals surface area contributed by atoms with Gasteiger partial charge in [-0.2, -0.15) is 0 Å². The largest absolute Gasteiger partial charge is 0.352 e. The maximum Gasteiger partial charge on any atom is 0.237 e. The lowest BCUT2D eigenvalue weighted by atomic mass is 9.95. The van der Waals surface area contributed by atoms with Crippen LogP contribution in [-0.4, -0.2) is 18.0 Å². The van der Waals surface area contributed by atoms with E-state index in [1.54, 1.807) is 0 Å². The summed E-state index contributed by atoms with van der Waals surface area (Å²) in [5.41, 5.74) is 1.25. The van der Waals surface area contributed by atoms with Crippen LogP contribution in [0.5, 0.6) is 0 Å². The smallest absolute Gasteiger partial charge is 0.237 e. The summed E-state index contributed by atoms with van der Waals surface area (Å²) in [5, 5.41) is 6.66. The van der Waals surface area contributed by atoms with Crippen LogP contribution in [0.25, 0.3) is 0 Å². The van der Waals surface area contributed by atoms with Crippen molar-refractivity contribution >= 4 is 5.91 Å². The van der Waals surface area contributed by atoms with Gasteiger partial charge in [0.25, 0.3) is 0 Å². The molecule has 1 aliphatic carbocycles. The van der Waals surface area contributed by atoms with Gasteiger partial charge in [0.05, 0.1) is 6.04 Å². The quantitative estimate of drug-likeness (QED) is 0.840. The van der Waals surface area contributed by atoms with Crippen LogP contribution in [0.1, 0.15) is 64.0 Å². The lowest BCUT2D eigenvalue weighted by Crippen LogP contribution is -2.47. The van der Waals surface area contributed by atoms with E-state index in [-0.39, 0.29) is 18.0 Å². The first-order valence-electron chi connectivity index (χ1n) is 8.32. The number of amides is 1. The molecule has 0 aromatic heterocycles. The Kier molecular flexibility index (Phi) is 6.24. The molecule has 1 saturated carbocycles. The van der Waals surface area contributed by atoms with Gasteiger partial charge in [0.2, 0.25) is 5.91 Å². The Labute approximate surface area is 128 Å². The fourth-order valence-corrected chi connectivity index (χ4v) is 3.09. The van der Waals surface area contributed by atoms with Gasteiger partial charge in [0.1, 0.15) is 0 Å². The molecule has 0 radical (unpaired) electrons. The van der Waals surface area contributed by atoms with Gasteiger partial charge in [-0.25, -0.2) is 0 Å². The molecule has 2 rings (SSSR count). The van der Waals surface area contributed by atoms with E-state index in [2.05, 4.69) is 29.7 Å². The predicted molar refractivity (Wildman–Crippen MR) is 87.1 cm³/mol. The lowest BCUT2D eigenvalue weighted by molar-refractivity contribution is -0.123. The van der Waals surface area contributed by atoms with Gasteiger partial charge in [0.15, 0.2) is 0 Å². The zero-order valence-corrected chi connectivity index (χ0v) is 13.3. The van der Waals surface area contributed by atoms with Gasteiger partial charge in [-0.05, 0) is 31.7 Å². The molecule has 1 fully saturated rings. The molecule has 0 saturated heterocycles. The van der Waals surface area contributed by atoms with Crippen LogP contribution in [0.3, 0.4) is 0 Å². The van der Waals surface area contributed by atoms with Crippen molar-refractivity contribution in [1.82, 2.24) is 10.6 Å². The summed E-state index contributed by atoms with van der Waals surface area (Å²) in [5.74, 6) is 0.135. The van der Waals surface area contributed by atoms with E-state index in [0.717, 1.165) is 19.3 Å². The molecule has 3 nitrogen and oxygen atoms in total. The van der Waals surface area contributed by atoms with E-state index in [0.29, 0.717) is 6.04 Å². The highest BCUT2D eigenvalue weighted by molar-refractivity contribution is 5.81.